The Kier molecular flexibility index (Phi) is 5.28. The molecule has 146 valence electrons. The molecule has 5 heteroatoms. The smallest absolute Gasteiger partial charge is 0.235 e. The van der Waals surface area contributed by atoms with Crippen LogP contribution >= 0.6 is 11.8 Å². The Balaban J connectivity index is 1.22. The molecule has 0 radical (unpaired) electrons. The largest absolute Gasteiger partial charge is 0.339 e. The van der Waals surface area contributed by atoms with Crippen molar-refractivity contribution < 1.29 is 9.59 Å². The maximum absolute atomic E-state index is 12.7. The summed E-state index contributed by atoms with van der Waals surface area (Å²) in [6.07, 6.45) is 10.2. The monoisotopic (exact) mass is 378 g/mol. The maximum Gasteiger partial charge on any atom is 0.235 e. The molecule has 1 unspecified atom stereocenters. The lowest BCUT2D eigenvalue weighted by atomic mass is 9.49. The highest BCUT2D eigenvalue weighted by Gasteiger charge is 2.50. The molecule has 0 aromatic heterocycles. The molecule has 0 N–H and O–H groups in total. The molecule has 4 bridgehead atoms. The minimum atomic E-state index is 0.0489. The quantitative estimate of drug-likeness (QED) is 0.736. The van der Waals surface area contributed by atoms with E-state index >= 15 is 0 Å². The Morgan fingerprint density at radius 1 is 0.962 bits per heavy atom. The molecular formula is C21H34N2O2S. The van der Waals surface area contributed by atoms with Crippen LogP contribution in [0.25, 0.3) is 0 Å². The first-order chi connectivity index (χ1) is 12.4. The molecule has 0 aromatic carbocycles. The van der Waals surface area contributed by atoms with Crippen molar-refractivity contribution in [1.29, 1.82) is 0 Å². The molecule has 1 saturated heterocycles. The van der Waals surface area contributed by atoms with Crippen LogP contribution in [0.4, 0.5) is 0 Å². The van der Waals surface area contributed by atoms with Gasteiger partial charge in [-0.2, -0.15) is 0 Å². The van der Waals surface area contributed by atoms with Gasteiger partial charge in [0.1, 0.15) is 0 Å². The van der Waals surface area contributed by atoms with Gasteiger partial charge in [-0.05, 0) is 80.8 Å². The highest BCUT2D eigenvalue weighted by molar-refractivity contribution is 8.00. The van der Waals surface area contributed by atoms with Gasteiger partial charge in [0.25, 0.3) is 0 Å². The van der Waals surface area contributed by atoms with Gasteiger partial charge in [0.15, 0.2) is 0 Å². The van der Waals surface area contributed by atoms with E-state index < -0.39 is 0 Å². The summed E-state index contributed by atoms with van der Waals surface area (Å²) >= 11 is 1.86. The number of carbonyl (C=O) groups is 2. The summed E-state index contributed by atoms with van der Waals surface area (Å²) in [5.41, 5.74) is 0.623. The van der Waals surface area contributed by atoms with Crippen molar-refractivity contribution in [3.8, 4) is 0 Å². The third kappa shape index (κ3) is 3.79. The van der Waals surface area contributed by atoms with E-state index in [-0.39, 0.29) is 17.1 Å². The van der Waals surface area contributed by atoms with Crippen LogP contribution in [-0.2, 0) is 9.59 Å². The fourth-order valence-corrected chi connectivity index (χ4v) is 7.81. The Hall–Kier alpha value is -0.710. The summed E-state index contributed by atoms with van der Waals surface area (Å²) in [5, 5.41) is 0.0489. The minimum absolute atomic E-state index is 0.0489. The molecule has 5 aliphatic rings. The van der Waals surface area contributed by atoms with Gasteiger partial charge in [0.2, 0.25) is 11.8 Å². The summed E-state index contributed by atoms with van der Waals surface area (Å²) < 4.78 is 0. The number of hydrogen-bond donors (Lipinski definition) is 0. The molecule has 5 rings (SSSR count). The first kappa shape index (κ1) is 18.6. The first-order valence-corrected chi connectivity index (χ1v) is 11.6. The SMILES string of the molecule is CC(=O)N1CCN(C(=O)C(C)SCCC23CC4CC(CC(C4)C2)C3)CC1. The molecule has 0 aromatic rings. The molecule has 4 saturated carbocycles. The van der Waals surface area contributed by atoms with Gasteiger partial charge < -0.3 is 9.80 Å². The van der Waals surface area contributed by atoms with E-state index in [1.54, 1.807) is 6.92 Å². The topological polar surface area (TPSA) is 40.6 Å². The second kappa shape index (κ2) is 7.37. The van der Waals surface area contributed by atoms with Crippen LogP contribution in [0.2, 0.25) is 0 Å². The number of nitrogens with zero attached hydrogens (tertiary/aromatic N) is 2. The van der Waals surface area contributed by atoms with E-state index in [1.165, 1.54) is 44.9 Å². The van der Waals surface area contributed by atoms with Crippen LogP contribution in [-0.4, -0.2) is 58.8 Å². The van der Waals surface area contributed by atoms with Crippen LogP contribution in [0, 0.1) is 23.2 Å². The van der Waals surface area contributed by atoms with Crippen molar-refractivity contribution >= 4 is 23.6 Å². The van der Waals surface area contributed by atoms with E-state index in [0.29, 0.717) is 31.6 Å². The van der Waals surface area contributed by atoms with Crippen molar-refractivity contribution in [3.63, 3.8) is 0 Å². The zero-order valence-electron chi connectivity index (χ0n) is 16.4. The molecule has 0 spiro atoms. The van der Waals surface area contributed by atoms with Crippen LogP contribution < -0.4 is 0 Å². The van der Waals surface area contributed by atoms with Crippen LogP contribution in [0.1, 0.15) is 58.8 Å². The van der Waals surface area contributed by atoms with Gasteiger partial charge in [0.05, 0.1) is 5.25 Å². The van der Waals surface area contributed by atoms with Gasteiger partial charge in [-0.25, -0.2) is 0 Å². The predicted octanol–water partition coefficient (Wildman–Crippen LogP) is 3.41. The van der Waals surface area contributed by atoms with Crippen LogP contribution in [0.15, 0.2) is 0 Å². The zero-order chi connectivity index (χ0) is 18.3. The van der Waals surface area contributed by atoms with Crippen molar-refractivity contribution in [2.24, 2.45) is 23.2 Å². The summed E-state index contributed by atoms with van der Waals surface area (Å²) in [4.78, 5) is 28.0. The number of amides is 2. The standard InChI is InChI=1S/C21H34N2O2S/c1-15(20(25)23-6-4-22(5-7-23)16(2)24)26-8-3-21-12-17-9-18(13-21)11-19(10-17)14-21/h15,17-19H,3-14H2,1-2H3. The lowest BCUT2D eigenvalue weighted by molar-refractivity contribution is -0.137. The van der Waals surface area contributed by atoms with E-state index in [4.69, 9.17) is 0 Å². The normalized spacial score (nSPS) is 37.1. The molecule has 1 heterocycles. The molecule has 26 heavy (non-hydrogen) atoms. The fourth-order valence-electron chi connectivity index (χ4n) is 6.62. The Labute approximate surface area is 162 Å². The number of carbonyl (C=O) groups excluding carboxylic acids is 2. The number of piperazine rings is 1. The van der Waals surface area contributed by atoms with E-state index in [1.807, 2.05) is 21.6 Å². The Morgan fingerprint density at radius 3 is 1.96 bits per heavy atom. The van der Waals surface area contributed by atoms with Crippen molar-refractivity contribution in [2.45, 2.75) is 64.0 Å². The van der Waals surface area contributed by atoms with Crippen molar-refractivity contribution in [2.75, 3.05) is 31.9 Å². The van der Waals surface area contributed by atoms with Gasteiger partial charge in [-0.15, -0.1) is 11.8 Å². The summed E-state index contributed by atoms with van der Waals surface area (Å²) in [6, 6.07) is 0. The lowest BCUT2D eigenvalue weighted by Gasteiger charge is -2.57. The third-order valence-electron chi connectivity index (χ3n) is 7.55. The molecule has 5 fully saturated rings. The number of thioether (sulfide) groups is 1. The maximum atomic E-state index is 12.7. The molecule has 1 aliphatic heterocycles. The van der Waals surface area contributed by atoms with E-state index in [0.717, 1.165) is 23.5 Å². The van der Waals surface area contributed by atoms with Crippen molar-refractivity contribution in [3.05, 3.63) is 0 Å². The Morgan fingerprint density at radius 2 is 1.46 bits per heavy atom. The third-order valence-corrected chi connectivity index (χ3v) is 8.69. The fraction of sp³-hybridized carbons (Fsp3) is 0.905. The van der Waals surface area contributed by atoms with Crippen LogP contribution in [0.3, 0.4) is 0 Å². The number of hydrogen-bond acceptors (Lipinski definition) is 3. The number of rotatable bonds is 5. The Bertz CT molecular complexity index is 521. The highest BCUT2D eigenvalue weighted by atomic mass is 32.2. The molecule has 2 amide bonds. The van der Waals surface area contributed by atoms with E-state index in [9.17, 15) is 9.59 Å². The predicted molar refractivity (Wildman–Crippen MR) is 106 cm³/mol. The molecule has 4 nitrogen and oxygen atoms in total. The van der Waals surface area contributed by atoms with Crippen molar-refractivity contribution in [1.82, 2.24) is 9.80 Å². The second-order valence-corrected chi connectivity index (χ2v) is 11.0. The van der Waals surface area contributed by atoms with Crippen LogP contribution in [0.5, 0.6) is 0 Å². The first-order valence-electron chi connectivity index (χ1n) is 10.6. The minimum Gasteiger partial charge on any atom is -0.339 e. The van der Waals surface area contributed by atoms with Gasteiger partial charge >= 0.3 is 0 Å². The summed E-state index contributed by atoms with van der Waals surface area (Å²) in [7, 11) is 0. The lowest BCUT2D eigenvalue weighted by Crippen LogP contribution is -2.51. The summed E-state index contributed by atoms with van der Waals surface area (Å²) in [6.45, 7) is 6.44. The molecule has 1 atom stereocenters. The second-order valence-electron chi connectivity index (χ2n) is 9.51. The highest BCUT2D eigenvalue weighted by Crippen LogP contribution is 2.61. The van der Waals surface area contributed by atoms with Gasteiger partial charge in [0, 0.05) is 33.1 Å². The van der Waals surface area contributed by atoms with E-state index in [2.05, 4.69) is 6.92 Å². The molecular weight excluding hydrogens is 344 g/mol. The molecule has 4 aliphatic carbocycles. The zero-order valence-corrected chi connectivity index (χ0v) is 17.2. The summed E-state index contributed by atoms with van der Waals surface area (Å²) in [5.74, 6) is 4.57. The van der Waals surface area contributed by atoms with Gasteiger partial charge in [-0.3, -0.25) is 9.59 Å². The average molecular weight is 379 g/mol. The van der Waals surface area contributed by atoms with Gasteiger partial charge in [-0.1, -0.05) is 0 Å². The average Bonchev–Trinajstić information content (AvgIpc) is 2.59.